The molecule has 3 rings (SSSR count). The molecule has 0 aliphatic carbocycles. The standard InChI is InChI=1S/C18H16BrF2N3OS/c1-23(10-12-6-8-13(19)9-7-12)16(25)11-26-18-22-14-4-2-3-5-15(14)24(18)17(20)21/h2-9,17H,10-11H2,1H3. The van der Waals surface area contributed by atoms with Crippen LogP contribution in [0.5, 0.6) is 0 Å². The van der Waals surface area contributed by atoms with Crippen LogP contribution < -0.4 is 0 Å². The lowest BCUT2D eigenvalue weighted by Crippen LogP contribution is -2.27. The second-order valence-electron chi connectivity index (χ2n) is 5.70. The summed E-state index contributed by atoms with van der Waals surface area (Å²) in [5, 5.41) is 0.145. The van der Waals surface area contributed by atoms with Gasteiger partial charge in [0.15, 0.2) is 5.16 Å². The number of nitrogens with zero attached hydrogens (tertiary/aromatic N) is 3. The molecule has 0 aliphatic heterocycles. The fourth-order valence-corrected chi connectivity index (χ4v) is 3.72. The van der Waals surface area contributed by atoms with Gasteiger partial charge in [-0.25, -0.2) is 4.98 Å². The van der Waals surface area contributed by atoms with Crippen molar-refractivity contribution in [2.75, 3.05) is 12.8 Å². The molecule has 0 spiro atoms. The Morgan fingerprint density at radius 3 is 2.62 bits per heavy atom. The zero-order chi connectivity index (χ0) is 18.7. The number of amides is 1. The number of aromatic nitrogens is 2. The van der Waals surface area contributed by atoms with E-state index < -0.39 is 6.55 Å². The minimum absolute atomic E-state index is 0.0447. The summed E-state index contributed by atoms with van der Waals surface area (Å²) in [4.78, 5) is 18.2. The van der Waals surface area contributed by atoms with E-state index in [0.717, 1.165) is 26.4 Å². The maximum absolute atomic E-state index is 13.4. The Hall–Kier alpha value is -1.93. The molecule has 0 unspecified atom stereocenters. The minimum atomic E-state index is -2.71. The van der Waals surface area contributed by atoms with E-state index in [-0.39, 0.29) is 16.8 Å². The predicted octanol–water partition coefficient (Wildman–Crippen LogP) is 4.94. The van der Waals surface area contributed by atoms with Gasteiger partial charge >= 0.3 is 6.55 Å². The Labute approximate surface area is 162 Å². The molecule has 1 aromatic heterocycles. The maximum atomic E-state index is 13.4. The van der Waals surface area contributed by atoms with Gasteiger partial charge in [-0.3, -0.25) is 9.36 Å². The average Bonchev–Trinajstić information content (AvgIpc) is 3.00. The number of carbonyl (C=O) groups is 1. The van der Waals surface area contributed by atoms with Crippen LogP contribution in [0.15, 0.2) is 58.2 Å². The van der Waals surface area contributed by atoms with Crippen molar-refractivity contribution >= 4 is 44.6 Å². The van der Waals surface area contributed by atoms with Crippen LogP contribution in [-0.4, -0.2) is 33.2 Å². The molecule has 8 heteroatoms. The number of imidazole rings is 1. The number of para-hydroxylation sites is 2. The molecular weight excluding hydrogens is 424 g/mol. The molecule has 3 aromatic rings. The number of halogens is 3. The lowest BCUT2D eigenvalue weighted by atomic mass is 10.2. The number of hydrogen-bond donors (Lipinski definition) is 0. The van der Waals surface area contributed by atoms with Gasteiger partial charge in [0.2, 0.25) is 5.91 Å². The Bertz CT molecular complexity index is 914. The zero-order valence-corrected chi connectivity index (χ0v) is 16.3. The molecule has 136 valence electrons. The molecule has 4 nitrogen and oxygen atoms in total. The van der Waals surface area contributed by atoms with Crippen molar-refractivity contribution < 1.29 is 13.6 Å². The fourth-order valence-electron chi connectivity index (χ4n) is 2.50. The first-order valence-electron chi connectivity index (χ1n) is 7.82. The van der Waals surface area contributed by atoms with Crippen LogP contribution >= 0.6 is 27.7 Å². The number of fused-ring (bicyclic) bond motifs is 1. The van der Waals surface area contributed by atoms with Crippen LogP contribution in [0.2, 0.25) is 0 Å². The first-order valence-corrected chi connectivity index (χ1v) is 9.60. The molecule has 0 radical (unpaired) electrons. The van der Waals surface area contributed by atoms with E-state index in [4.69, 9.17) is 0 Å². The molecule has 0 saturated heterocycles. The molecule has 0 atom stereocenters. The highest BCUT2D eigenvalue weighted by atomic mass is 79.9. The second kappa shape index (κ2) is 8.18. The van der Waals surface area contributed by atoms with Crippen LogP contribution in [-0.2, 0) is 11.3 Å². The van der Waals surface area contributed by atoms with Gasteiger partial charge in [0.25, 0.3) is 0 Å². The summed E-state index contributed by atoms with van der Waals surface area (Å²) in [7, 11) is 1.70. The zero-order valence-electron chi connectivity index (χ0n) is 13.9. The van der Waals surface area contributed by atoms with Crippen LogP contribution in [0.1, 0.15) is 12.1 Å². The second-order valence-corrected chi connectivity index (χ2v) is 7.55. The average molecular weight is 440 g/mol. The van der Waals surface area contributed by atoms with E-state index >= 15 is 0 Å². The van der Waals surface area contributed by atoms with Gasteiger partial charge in [0.1, 0.15) is 0 Å². The maximum Gasteiger partial charge on any atom is 0.321 e. The van der Waals surface area contributed by atoms with Crippen LogP contribution in [0.3, 0.4) is 0 Å². The van der Waals surface area contributed by atoms with Crippen LogP contribution in [0, 0.1) is 0 Å². The normalized spacial score (nSPS) is 11.3. The number of benzene rings is 2. The summed E-state index contributed by atoms with van der Waals surface area (Å²) >= 11 is 4.39. The summed E-state index contributed by atoms with van der Waals surface area (Å²) in [5.74, 6) is -0.103. The van der Waals surface area contributed by atoms with Crippen molar-refractivity contribution in [3.8, 4) is 0 Å². The first kappa shape index (κ1) is 18.8. The lowest BCUT2D eigenvalue weighted by molar-refractivity contribution is -0.127. The van der Waals surface area contributed by atoms with Gasteiger partial charge in [-0.2, -0.15) is 8.78 Å². The summed E-state index contributed by atoms with van der Waals surface area (Å²) in [6.45, 7) is -2.25. The smallest absolute Gasteiger partial charge is 0.321 e. The number of rotatable bonds is 6. The summed E-state index contributed by atoms with van der Waals surface area (Å²) < 4.78 is 28.6. The Balaban J connectivity index is 1.68. The monoisotopic (exact) mass is 439 g/mol. The van der Waals surface area contributed by atoms with E-state index in [1.54, 1.807) is 36.2 Å². The molecule has 0 aliphatic rings. The van der Waals surface area contributed by atoms with Gasteiger partial charge in [-0.05, 0) is 29.8 Å². The summed E-state index contributed by atoms with van der Waals surface area (Å²) in [6.07, 6.45) is 0. The largest absolute Gasteiger partial charge is 0.341 e. The summed E-state index contributed by atoms with van der Waals surface area (Å²) in [6, 6.07) is 14.4. The third-order valence-corrected chi connectivity index (χ3v) is 5.31. The van der Waals surface area contributed by atoms with E-state index in [9.17, 15) is 13.6 Å². The van der Waals surface area contributed by atoms with Gasteiger partial charge in [-0.1, -0.05) is 52.0 Å². The van der Waals surface area contributed by atoms with E-state index in [0.29, 0.717) is 17.6 Å². The van der Waals surface area contributed by atoms with E-state index in [1.807, 2.05) is 24.3 Å². The lowest BCUT2D eigenvalue weighted by Gasteiger charge is -2.17. The van der Waals surface area contributed by atoms with E-state index in [2.05, 4.69) is 20.9 Å². The molecule has 1 amide bonds. The van der Waals surface area contributed by atoms with Gasteiger partial charge in [0.05, 0.1) is 16.8 Å². The quantitative estimate of drug-likeness (QED) is 0.510. The molecule has 0 bridgehead atoms. The van der Waals surface area contributed by atoms with Gasteiger partial charge < -0.3 is 4.90 Å². The van der Waals surface area contributed by atoms with Crippen LogP contribution in [0.4, 0.5) is 8.78 Å². The number of hydrogen-bond acceptors (Lipinski definition) is 3. The van der Waals surface area contributed by atoms with Crippen LogP contribution in [0.25, 0.3) is 11.0 Å². The molecular formula is C18H16BrF2N3OS. The highest BCUT2D eigenvalue weighted by Gasteiger charge is 2.19. The Kier molecular flexibility index (Phi) is 5.93. The highest BCUT2D eigenvalue weighted by Crippen LogP contribution is 2.29. The first-order chi connectivity index (χ1) is 12.5. The third kappa shape index (κ3) is 4.24. The molecule has 0 fully saturated rings. The van der Waals surface area contributed by atoms with Crippen molar-refractivity contribution in [2.24, 2.45) is 0 Å². The van der Waals surface area contributed by atoms with Gasteiger partial charge in [-0.15, -0.1) is 0 Å². The van der Waals surface area contributed by atoms with Crippen molar-refractivity contribution in [1.29, 1.82) is 0 Å². The Morgan fingerprint density at radius 1 is 1.23 bits per heavy atom. The molecule has 2 aromatic carbocycles. The topological polar surface area (TPSA) is 38.1 Å². The van der Waals surface area contributed by atoms with E-state index in [1.165, 1.54) is 0 Å². The third-order valence-electron chi connectivity index (χ3n) is 3.84. The van der Waals surface area contributed by atoms with Crippen molar-refractivity contribution in [2.45, 2.75) is 18.3 Å². The molecule has 0 saturated carbocycles. The predicted molar refractivity (Wildman–Crippen MR) is 102 cm³/mol. The molecule has 0 N–H and O–H groups in total. The number of alkyl halides is 2. The Morgan fingerprint density at radius 2 is 1.92 bits per heavy atom. The highest BCUT2D eigenvalue weighted by molar-refractivity contribution is 9.10. The summed E-state index contributed by atoms with van der Waals surface area (Å²) in [5.41, 5.74) is 1.85. The SMILES string of the molecule is CN(Cc1ccc(Br)cc1)C(=O)CSc1nc2ccccc2n1C(F)F. The van der Waals surface area contributed by atoms with Gasteiger partial charge in [0, 0.05) is 18.1 Å². The number of carbonyl (C=O) groups excluding carboxylic acids is 1. The van der Waals surface area contributed by atoms with Crippen molar-refractivity contribution in [3.05, 3.63) is 58.6 Å². The molecule has 1 heterocycles. The fraction of sp³-hybridized carbons (Fsp3) is 0.222. The van der Waals surface area contributed by atoms with Crippen molar-refractivity contribution in [3.63, 3.8) is 0 Å². The molecule has 26 heavy (non-hydrogen) atoms. The number of thioether (sulfide) groups is 1. The van der Waals surface area contributed by atoms with Crippen molar-refractivity contribution in [1.82, 2.24) is 14.5 Å². The minimum Gasteiger partial charge on any atom is -0.341 e.